The lowest BCUT2D eigenvalue weighted by atomic mass is 9.89. The minimum atomic E-state index is -0.866. The van der Waals surface area contributed by atoms with E-state index in [-0.39, 0.29) is 24.3 Å². The van der Waals surface area contributed by atoms with Crippen molar-refractivity contribution in [3.05, 3.63) is 24.3 Å². The number of hydrogen-bond donors (Lipinski definition) is 1. The molecule has 2 aliphatic heterocycles. The summed E-state index contributed by atoms with van der Waals surface area (Å²) in [5.74, 6) is -1.48. The maximum absolute atomic E-state index is 13.0. The summed E-state index contributed by atoms with van der Waals surface area (Å²) < 4.78 is 5.61. The van der Waals surface area contributed by atoms with Gasteiger partial charge in [0.15, 0.2) is 0 Å². The summed E-state index contributed by atoms with van der Waals surface area (Å²) >= 11 is 0. The van der Waals surface area contributed by atoms with Crippen LogP contribution in [0.25, 0.3) is 0 Å². The van der Waals surface area contributed by atoms with Crippen LogP contribution < -0.4 is 9.64 Å². The van der Waals surface area contributed by atoms with Crippen molar-refractivity contribution < 1.29 is 24.2 Å². The largest absolute Gasteiger partial charge is 0.492 e. The SMILES string of the molecule is CCOc1ccccc1N1CC(C(=O)N2CCC[C@H](C(=O)O)[C@@H]2C)CC1=O. The van der Waals surface area contributed by atoms with E-state index in [1.165, 1.54) is 0 Å². The monoisotopic (exact) mass is 374 g/mol. The molecule has 0 spiro atoms. The standard InChI is InChI=1S/C20H26N2O5/c1-3-27-17-9-5-4-8-16(17)22-12-14(11-18(22)23)19(24)21-10-6-7-15(13(21)2)20(25)26/h4-5,8-9,13-15H,3,6-7,10-12H2,1-2H3,(H,25,26)/t13-,14?,15-/m0/s1. The number of aliphatic carboxylic acids is 1. The van der Waals surface area contributed by atoms with Crippen molar-refractivity contribution in [3.63, 3.8) is 0 Å². The van der Waals surface area contributed by atoms with E-state index >= 15 is 0 Å². The summed E-state index contributed by atoms with van der Waals surface area (Å²) in [4.78, 5) is 40.3. The summed E-state index contributed by atoms with van der Waals surface area (Å²) in [6, 6.07) is 6.96. The number of para-hydroxylation sites is 2. The second-order valence-corrected chi connectivity index (χ2v) is 7.17. The van der Waals surface area contributed by atoms with Crippen LogP contribution in [-0.4, -0.2) is 53.5 Å². The Balaban J connectivity index is 1.75. The number of carbonyl (C=O) groups excluding carboxylic acids is 2. The van der Waals surface area contributed by atoms with E-state index in [1.807, 2.05) is 31.2 Å². The van der Waals surface area contributed by atoms with Crippen molar-refractivity contribution in [2.45, 2.75) is 39.2 Å². The molecule has 2 heterocycles. The average Bonchev–Trinajstić information content (AvgIpc) is 3.03. The van der Waals surface area contributed by atoms with Gasteiger partial charge in [0.25, 0.3) is 0 Å². The van der Waals surface area contributed by atoms with Crippen LogP contribution in [0, 0.1) is 11.8 Å². The summed E-state index contributed by atoms with van der Waals surface area (Å²) in [7, 11) is 0. The lowest BCUT2D eigenvalue weighted by Gasteiger charge is -2.38. The van der Waals surface area contributed by atoms with Crippen LogP contribution in [0.5, 0.6) is 5.75 Å². The number of amides is 2. The fraction of sp³-hybridized carbons (Fsp3) is 0.550. The Morgan fingerprint density at radius 2 is 2.04 bits per heavy atom. The van der Waals surface area contributed by atoms with Crippen molar-refractivity contribution in [1.82, 2.24) is 4.90 Å². The fourth-order valence-electron chi connectivity index (χ4n) is 4.08. The smallest absolute Gasteiger partial charge is 0.308 e. The highest BCUT2D eigenvalue weighted by Gasteiger charge is 2.42. The van der Waals surface area contributed by atoms with E-state index in [0.717, 1.165) is 0 Å². The van der Waals surface area contributed by atoms with Crippen molar-refractivity contribution in [2.75, 3.05) is 24.6 Å². The zero-order chi connectivity index (χ0) is 19.6. The van der Waals surface area contributed by atoms with Gasteiger partial charge in [0.1, 0.15) is 5.75 Å². The lowest BCUT2D eigenvalue weighted by Crippen LogP contribution is -2.51. The van der Waals surface area contributed by atoms with Crippen LogP contribution in [-0.2, 0) is 14.4 Å². The molecule has 1 N–H and O–H groups in total. The minimum Gasteiger partial charge on any atom is -0.492 e. The highest BCUT2D eigenvalue weighted by Crippen LogP contribution is 2.34. The molecule has 0 saturated carbocycles. The van der Waals surface area contributed by atoms with Gasteiger partial charge >= 0.3 is 5.97 Å². The molecule has 0 radical (unpaired) electrons. The predicted octanol–water partition coefficient (Wildman–Crippen LogP) is 2.15. The van der Waals surface area contributed by atoms with Gasteiger partial charge in [-0.1, -0.05) is 12.1 Å². The van der Waals surface area contributed by atoms with Crippen molar-refractivity contribution in [2.24, 2.45) is 11.8 Å². The van der Waals surface area contributed by atoms with Gasteiger partial charge in [-0.3, -0.25) is 14.4 Å². The predicted molar refractivity (Wildman–Crippen MR) is 99.6 cm³/mol. The van der Waals surface area contributed by atoms with Gasteiger partial charge in [-0.25, -0.2) is 0 Å². The Kier molecular flexibility index (Phi) is 5.68. The van der Waals surface area contributed by atoms with Gasteiger partial charge < -0.3 is 19.6 Å². The average molecular weight is 374 g/mol. The van der Waals surface area contributed by atoms with Crippen LogP contribution in [0.2, 0.25) is 0 Å². The third-order valence-corrected chi connectivity index (χ3v) is 5.52. The normalized spacial score (nSPS) is 25.6. The van der Waals surface area contributed by atoms with Crippen molar-refractivity contribution in [1.29, 1.82) is 0 Å². The molecular weight excluding hydrogens is 348 g/mol. The zero-order valence-corrected chi connectivity index (χ0v) is 15.8. The van der Waals surface area contributed by atoms with E-state index in [2.05, 4.69) is 0 Å². The van der Waals surface area contributed by atoms with Crippen LogP contribution in [0.1, 0.15) is 33.1 Å². The highest BCUT2D eigenvalue weighted by molar-refractivity contribution is 6.01. The molecule has 0 bridgehead atoms. The zero-order valence-electron chi connectivity index (χ0n) is 15.8. The Morgan fingerprint density at radius 1 is 1.30 bits per heavy atom. The van der Waals surface area contributed by atoms with Gasteiger partial charge in [0.2, 0.25) is 11.8 Å². The van der Waals surface area contributed by atoms with E-state index in [4.69, 9.17) is 4.74 Å². The Morgan fingerprint density at radius 3 is 2.74 bits per heavy atom. The maximum Gasteiger partial charge on any atom is 0.308 e. The number of benzene rings is 1. The molecule has 2 aliphatic rings. The second-order valence-electron chi connectivity index (χ2n) is 7.17. The quantitative estimate of drug-likeness (QED) is 0.853. The first-order chi connectivity index (χ1) is 12.9. The summed E-state index contributed by atoms with van der Waals surface area (Å²) in [5, 5.41) is 9.37. The van der Waals surface area contributed by atoms with E-state index < -0.39 is 17.8 Å². The molecule has 27 heavy (non-hydrogen) atoms. The topological polar surface area (TPSA) is 87.2 Å². The summed E-state index contributed by atoms with van der Waals surface area (Å²) in [5.41, 5.74) is 0.676. The van der Waals surface area contributed by atoms with E-state index in [0.29, 0.717) is 44.0 Å². The van der Waals surface area contributed by atoms with E-state index in [9.17, 15) is 19.5 Å². The minimum absolute atomic E-state index is 0.111. The van der Waals surface area contributed by atoms with Gasteiger partial charge in [0.05, 0.1) is 24.1 Å². The van der Waals surface area contributed by atoms with Crippen molar-refractivity contribution in [3.8, 4) is 5.75 Å². The van der Waals surface area contributed by atoms with Gasteiger partial charge in [-0.05, 0) is 38.8 Å². The maximum atomic E-state index is 13.0. The molecule has 0 aromatic heterocycles. The van der Waals surface area contributed by atoms with Gasteiger partial charge in [0, 0.05) is 25.6 Å². The molecule has 3 rings (SSSR count). The number of ether oxygens (including phenoxy) is 1. The third-order valence-electron chi connectivity index (χ3n) is 5.52. The van der Waals surface area contributed by atoms with Crippen LogP contribution in [0.15, 0.2) is 24.3 Å². The first kappa shape index (κ1) is 19.2. The molecule has 1 unspecified atom stereocenters. The molecule has 1 aromatic rings. The van der Waals surface area contributed by atoms with E-state index in [1.54, 1.807) is 16.7 Å². The number of likely N-dealkylation sites (tertiary alicyclic amines) is 1. The van der Waals surface area contributed by atoms with Gasteiger partial charge in [-0.15, -0.1) is 0 Å². The lowest BCUT2D eigenvalue weighted by molar-refractivity contribution is -0.150. The first-order valence-corrected chi connectivity index (χ1v) is 9.49. The number of piperidine rings is 1. The molecule has 3 atom stereocenters. The fourth-order valence-corrected chi connectivity index (χ4v) is 4.08. The molecule has 7 nitrogen and oxygen atoms in total. The summed E-state index contributed by atoms with van der Waals surface area (Å²) in [6.07, 6.45) is 1.39. The Hall–Kier alpha value is -2.57. The number of carboxylic acid groups (broad SMARTS) is 1. The molecular formula is C20H26N2O5. The second kappa shape index (κ2) is 7.98. The number of nitrogens with zero attached hydrogens (tertiary/aromatic N) is 2. The van der Waals surface area contributed by atoms with Gasteiger partial charge in [-0.2, -0.15) is 0 Å². The van der Waals surface area contributed by atoms with Crippen LogP contribution in [0.4, 0.5) is 5.69 Å². The molecule has 2 fully saturated rings. The molecule has 0 aliphatic carbocycles. The first-order valence-electron chi connectivity index (χ1n) is 9.49. The number of hydrogen-bond acceptors (Lipinski definition) is 4. The number of rotatable bonds is 5. The highest BCUT2D eigenvalue weighted by atomic mass is 16.5. The van der Waals surface area contributed by atoms with Crippen molar-refractivity contribution >= 4 is 23.5 Å². The summed E-state index contributed by atoms with van der Waals surface area (Å²) in [6.45, 7) is 5.00. The molecule has 146 valence electrons. The number of carboxylic acids is 1. The Labute approximate surface area is 158 Å². The molecule has 1 aromatic carbocycles. The molecule has 7 heteroatoms. The van der Waals surface area contributed by atoms with Crippen LogP contribution >= 0.6 is 0 Å². The third kappa shape index (κ3) is 3.77. The Bertz CT molecular complexity index is 735. The van der Waals surface area contributed by atoms with Crippen LogP contribution in [0.3, 0.4) is 0 Å². The number of carbonyl (C=O) groups is 3. The number of anilines is 1. The molecule has 2 saturated heterocycles. The molecule has 2 amide bonds.